The maximum absolute atomic E-state index is 12.5. The summed E-state index contributed by atoms with van der Waals surface area (Å²) in [5.74, 6) is -1.57. The molecule has 0 aliphatic carbocycles. The van der Waals surface area contributed by atoms with Crippen molar-refractivity contribution in [2.24, 2.45) is 5.73 Å². The van der Waals surface area contributed by atoms with E-state index in [0.29, 0.717) is 6.42 Å². The lowest BCUT2D eigenvalue weighted by molar-refractivity contribution is -0.153. The Hall–Kier alpha value is -2.66. The molecule has 1 aliphatic heterocycles. The zero-order valence-corrected chi connectivity index (χ0v) is 13.4. The van der Waals surface area contributed by atoms with Crippen LogP contribution >= 0.6 is 0 Å². The fourth-order valence-electron chi connectivity index (χ4n) is 3.14. The third kappa shape index (κ3) is 2.37. The quantitative estimate of drug-likeness (QED) is 0.500. The Balaban J connectivity index is 2.08. The predicted molar refractivity (Wildman–Crippen MR) is 87.9 cm³/mol. The Morgan fingerprint density at radius 3 is 2.17 bits per heavy atom. The van der Waals surface area contributed by atoms with E-state index in [9.17, 15) is 9.59 Å². The maximum atomic E-state index is 12.5. The lowest BCUT2D eigenvalue weighted by atomic mass is 9.81. The van der Waals surface area contributed by atoms with E-state index in [0.717, 1.165) is 11.1 Å². The van der Waals surface area contributed by atoms with Crippen LogP contribution in [0, 0.1) is 0 Å². The van der Waals surface area contributed by atoms with Crippen LogP contribution < -0.4 is 5.73 Å². The predicted octanol–water partition coefficient (Wildman–Crippen LogP) is 1.94. The average Bonchev–Trinajstić information content (AvgIpc) is 3.28. The number of primary amides is 1. The van der Waals surface area contributed by atoms with Gasteiger partial charge >= 0.3 is 5.97 Å². The van der Waals surface area contributed by atoms with Gasteiger partial charge in [0.15, 0.2) is 0 Å². The minimum Gasteiger partial charge on any atom is -0.463 e. The van der Waals surface area contributed by atoms with Crippen molar-refractivity contribution in [2.75, 3.05) is 6.61 Å². The zero-order valence-electron chi connectivity index (χ0n) is 13.4. The van der Waals surface area contributed by atoms with Crippen molar-refractivity contribution in [3.05, 3.63) is 71.8 Å². The Morgan fingerprint density at radius 1 is 1.04 bits per heavy atom. The Morgan fingerprint density at radius 2 is 1.62 bits per heavy atom. The summed E-state index contributed by atoms with van der Waals surface area (Å²) in [4.78, 5) is 24.7. The first-order valence-corrected chi connectivity index (χ1v) is 7.83. The molecular weight excluding hydrogens is 306 g/mol. The molecule has 124 valence electrons. The number of carbonyl (C=O) groups excluding carboxylic acids is 2. The Kier molecular flexibility index (Phi) is 4.11. The van der Waals surface area contributed by atoms with Gasteiger partial charge in [-0.1, -0.05) is 60.7 Å². The minimum absolute atomic E-state index is 0.146. The molecule has 1 saturated heterocycles. The molecule has 5 heteroatoms. The van der Waals surface area contributed by atoms with Crippen LogP contribution in [0.3, 0.4) is 0 Å². The molecule has 1 heterocycles. The number of benzene rings is 2. The van der Waals surface area contributed by atoms with Gasteiger partial charge in [-0.3, -0.25) is 4.79 Å². The average molecular weight is 325 g/mol. The molecule has 2 unspecified atom stereocenters. The first-order valence-electron chi connectivity index (χ1n) is 7.83. The van der Waals surface area contributed by atoms with Crippen LogP contribution in [-0.2, 0) is 31.1 Å². The van der Waals surface area contributed by atoms with E-state index in [-0.39, 0.29) is 6.61 Å². The number of ether oxygens (including phenoxy) is 2. The molecule has 0 saturated carbocycles. The normalized spacial score (nSPS) is 25.0. The zero-order chi connectivity index (χ0) is 17.2. The van der Waals surface area contributed by atoms with E-state index in [2.05, 4.69) is 0 Å². The lowest BCUT2D eigenvalue weighted by Crippen LogP contribution is -2.46. The smallest absolute Gasteiger partial charge is 0.351 e. The van der Waals surface area contributed by atoms with Gasteiger partial charge in [0.2, 0.25) is 0 Å². The number of hydrogen-bond donors (Lipinski definition) is 1. The van der Waals surface area contributed by atoms with Crippen molar-refractivity contribution >= 4 is 11.9 Å². The molecule has 0 aromatic heterocycles. The van der Waals surface area contributed by atoms with Gasteiger partial charge in [-0.2, -0.15) is 0 Å². The van der Waals surface area contributed by atoms with E-state index >= 15 is 0 Å². The molecule has 2 aromatic carbocycles. The summed E-state index contributed by atoms with van der Waals surface area (Å²) < 4.78 is 10.9. The summed E-state index contributed by atoms with van der Waals surface area (Å²) in [6.45, 7) is 1.82. The van der Waals surface area contributed by atoms with Gasteiger partial charge in [0.05, 0.1) is 6.61 Å². The van der Waals surface area contributed by atoms with Gasteiger partial charge in [0.1, 0.15) is 5.60 Å². The van der Waals surface area contributed by atoms with E-state index in [1.807, 2.05) is 60.7 Å². The molecule has 24 heavy (non-hydrogen) atoms. The van der Waals surface area contributed by atoms with Gasteiger partial charge in [-0.05, 0) is 18.1 Å². The summed E-state index contributed by atoms with van der Waals surface area (Å²) in [6.07, 6.45) is 0.347. The van der Waals surface area contributed by atoms with E-state index in [1.54, 1.807) is 6.92 Å². The first kappa shape index (κ1) is 16.2. The number of nitrogens with two attached hydrogens (primary N) is 1. The molecule has 0 radical (unpaired) electrons. The highest BCUT2D eigenvalue weighted by Crippen LogP contribution is 2.58. The number of hydrogen-bond acceptors (Lipinski definition) is 4. The summed E-state index contributed by atoms with van der Waals surface area (Å²) in [7, 11) is 0. The highest BCUT2D eigenvalue weighted by molar-refractivity contribution is 6.10. The van der Waals surface area contributed by atoms with Crippen molar-refractivity contribution in [3.63, 3.8) is 0 Å². The van der Waals surface area contributed by atoms with E-state index < -0.39 is 23.1 Å². The Labute approximate surface area is 140 Å². The number of carbonyl (C=O) groups is 2. The van der Waals surface area contributed by atoms with Crippen LogP contribution in [-0.4, -0.2) is 24.1 Å². The van der Waals surface area contributed by atoms with E-state index in [1.165, 1.54) is 0 Å². The molecule has 0 spiro atoms. The molecule has 2 atom stereocenters. The molecule has 5 nitrogen and oxygen atoms in total. The highest BCUT2D eigenvalue weighted by atomic mass is 16.7. The van der Waals surface area contributed by atoms with Crippen LogP contribution in [0.15, 0.2) is 60.7 Å². The summed E-state index contributed by atoms with van der Waals surface area (Å²) >= 11 is 0. The van der Waals surface area contributed by atoms with Gasteiger partial charge < -0.3 is 15.2 Å². The lowest BCUT2D eigenvalue weighted by Gasteiger charge is -2.18. The number of epoxide rings is 1. The van der Waals surface area contributed by atoms with Gasteiger partial charge in [0, 0.05) is 6.42 Å². The molecule has 2 aromatic rings. The van der Waals surface area contributed by atoms with Crippen LogP contribution in [0.25, 0.3) is 0 Å². The summed E-state index contributed by atoms with van der Waals surface area (Å²) in [6, 6.07) is 18.7. The second-order valence-electron chi connectivity index (χ2n) is 5.72. The molecular formula is C19H19NO4. The topological polar surface area (TPSA) is 81.9 Å². The number of rotatable bonds is 6. The molecule has 3 rings (SSSR count). The van der Waals surface area contributed by atoms with Crippen molar-refractivity contribution in [1.29, 1.82) is 0 Å². The minimum atomic E-state index is -1.79. The summed E-state index contributed by atoms with van der Waals surface area (Å²) in [5, 5.41) is 0. The van der Waals surface area contributed by atoms with Gasteiger partial charge in [0.25, 0.3) is 11.5 Å². The third-order valence-corrected chi connectivity index (χ3v) is 4.30. The van der Waals surface area contributed by atoms with Crippen LogP contribution in [0.5, 0.6) is 0 Å². The number of esters is 1. The third-order valence-electron chi connectivity index (χ3n) is 4.30. The first-order chi connectivity index (χ1) is 11.6. The number of amides is 1. The largest absolute Gasteiger partial charge is 0.463 e. The molecule has 1 amide bonds. The van der Waals surface area contributed by atoms with Crippen molar-refractivity contribution in [2.45, 2.75) is 24.5 Å². The molecule has 2 N–H and O–H groups in total. The van der Waals surface area contributed by atoms with Crippen LogP contribution in [0.4, 0.5) is 0 Å². The monoisotopic (exact) mass is 325 g/mol. The van der Waals surface area contributed by atoms with Gasteiger partial charge in [-0.15, -0.1) is 0 Å². The van der Waals surface area contributed by atoms with Crippen LogP contribution in [0.1, 0.15) is 18.1 Å². The molecule has 1 aliphatic rings. The highest BCUT2D eigenvalue weighted by Gasteiger charge is 2.80. The SMILES string of the molecule is CCOC(=O)C1(C(N)=O)OC1(Cc1ccccc1)c1ccccc1. The second-order valence-corrected chi connectivity index (χ2v) is 5.72. The fourth-order valence-corrected chi connectivity index (χ4v) is 3.14. The summed E-state index contributed by atoms with van der Waals surface area (Å²) in [5.41, 5.74) is 4.29. The van der Waals surface area contributed by atoms with Crippen molar-refractivity contribution in [3.8, 4) is 0 Å². The Bertz CT molecular complexity index is 746. The maximum Gasteiger partial charge on any atom is 0.351 e. The van der Waals surface area contributed by atoms with Crippen molar-refractivity contribution < 1.29 is 19.1 Å². The van der Waals surface area contributed by atoms with Crippen molar-refractivity contribution in [1.82, 2.24) is 0 Å². The molecule has 0 bridgehead atoms. The second kappa shape index (κ2) is 6.09. The van der Waals surface area contributed by atoms with E-state index in [4.69, 9.17) is 15.2 Å². The van der Waals surface area contributed by atoms with Gasteiger partial charge in [-0.25, -0.2) is 4.79 Å². The molecule has 1 fully saturated rings. The van der Waals surface area contributed by atoms with Crippen LogP contribution in [0.2, 0.25) is 0 Å². The standard InChI is InChI=1S/C19H19NO4/c1-2-23-17(22)19(16(20)21)18(24-19,15-11-7-4-8-12-15)13-14-9-5-3-6-10-14/h3-12H,2,13H2,1H3,(H2,20,21). The fraction of sp³-hybridized carbons (Fsp3) is 0.263.